The van der Waals surface area contributed by atoms with Crippen LogP contribution < -0.4 is 0 Å². The predicted octanol–water partition coefficient (Wildman–Crippen LogP) is 7.73. The SMILES string of the molecule is C=C/C=C\C1=C(C)C(=C)/C(=C\C=C/C)C12C1=C(C=CC(C)C1)c1ccc(C)cc12. The molecule has 0 amide bonds. The molecule has 0 heteroatoms. The van der Waals surface area contributed by atoms with Crippen LogP contribution >= 0.6 is 0 Å². The summed E-state index contributed by atoms with van der Waals surface area (Å²) >= 11 is 0. The average Bonchev–Trinajstić information content (AvgIpc) is 3.09. The topological polar surface area (TPSA) is 0 Å². The second-order valence-corrected chi connectivity index (χ2v) is 8.45. The standard InChI is InChI=1S/C29H30/c1-7-9-11-25-21(5)22(6)26(12-10-8-2)29(25)27-17-19(3)13-15-23(27)24-16-14-20(4)18-28(24)29/h7-17,20H,1,6,18H2,2-5H3/b10-8-,11-9-,26-12+. The van der Waals surface area contributed by atoms with Crippen LogP contribution in [0.25, 0.3) is 5.57 Å². The quantitative estimate of drug-likeness (QED) is 0.472. The van der Waals surface area contributed by atoms with Crippen LogP contribution in [0.15, 0.2) is 108 Å². The van der Waals surface area contributed by atoms with Crippen molar-refractivity contribution in [3.05, 3.63) is 125 Å². The maximum absolute atomic E-state index is 4.54. The van der Waals surface area contributed by atoms with Gasteiger partial charge in [-0.3, -0.25) is 0 Å². The molecule has 0 saturated heterocycles. The molecule has 0 saturated carbocycles. The van der Waals surface area contributed by atoms with Crippen molar-refractivity contribution >= 4 is 5.57 Å². The van der Waals surface area contributed by atoms with Crippen molar-refractivity contribution in [3.8, 4) is 0 Å². The van der Waals surface area contributed by atoms with Gasteiger partial charge >= 0.3 is 0 Å². The van der Waals surface area contributed by atoms with E-state index in [9.17, 15) is 0 Å². The molecule has 0 N–H and O–H groups in total. The highest BCUT2D eigenvalue weighted by molar-refractivity contribution is 5.94. The molecule has 2 atom stereocenters. The van der Waals surface area contributed by atoms with Crippen LogP contribution in [0, 0.1) is 12.8 Å². The summed E-state index contributed by atoms with van der Waals surface area (Å²) in [6.07, 6.45) is 18.5. The fraction of sp³-hybridized carbons (Fsp3) is 0.241. The summed E-state index contributed by atoms with van der Waals surface area (Å²) in [5.41, 5.74) is 11.8. The van der Waals surface area contributed by atoms with E-state index in [0.717, 1.165) is 12.0 Å². The zero-order chi connectivity index (χ0) is 20.8. The first kappa shape index (κ1) is 19.5. The third-order valence-corrected chi connectivity index (χ3v) is 6.61. The number of hydrogen-bond acceptors (Lipinski definition) is 0. The van der Waals surface area contributed by atoms with E-state index < -0.39 is 0 Å². The lowest BCUT2D eigenvalue weighted by Gasteiger charge is -2.36. The van der Waals surface area contributed by atoms with E-state index in [1.165, 1.54) is 44.6 Å². The van der Waals surface area contributed by atoms with Gasteiger partial charge in [0.15, 0.2) is 0 Å². The molecule has 0 aliphatic heterocycles. The summed E-state index contributed by atoms with van der Waals surface area (Å²) in [6.45, 7) is 17.3. The monoisotopic (exact) mass is 378 g/mol. The zero-order valence-corrected chi connectivity index (χ0v) is 18.0. The smallest absolute Gasteiger partial charge is 0.0685 e. The van der Waals surface area contributed by atoms with Gasteiger partial charge < -0.3 is 0 Å². The van der Waals surface area contributed by atoms with Crippen LogP contribution in [0.1, 0.15) is 43.9 Å². The summed E-state index contributed by atoms with van der Waals surface area (Å²) in [6, 6.07) is 6.94. The zero-order valence-electron chi connectivity index (χ0n) is 18.0. The van der Waals surface area contributed by atoms with Gasteiger partial charge in [-0.05, 0) is 77.7 Å². The number of fused-ring (bicyclic) bond motifs is 4. The van der Waals surface area contributed by atoms with E-state index in [-0.39, 0.29) is 5.41 Å². The number of allylic oxidation sites excluding steroid dienone is 14. The molecular formula is C29H30. The van der Waals surface area contributed by atoms with Crippen molar-refractivity contribution < 1.29 is 0 Å². The van der Waals surface area contributed by atoms with Crippen LogP contribution in [-0.4, -0.2) is 0 Å². The van der Waals surface area contributed by atoms with E-state index in [1.807, 2.05) is 6.08 Å². The van der Waals surface area contributed by atoms with Crippen molar-refractivity contribution in [1.29, 1.82) is 0 Å². The van der Waals surface area contributed by atoms with Crippen LogP contribution in [0.3, 0.4) is 0 Å². The highest BCUT2D eigenvalue weighted by atomic mass is 14.6. The fourth-order valence-corrected chi connectivity index (χ4v) is 5.30. The molecule has 2 unspecified atom stereocenters. The number of hydrogen-bond donors (Lipinski definition) is 0. The van der Waals surface area contributed by atoms with Gasteiger partial charge in [-0.25, -0.2) is 0 Å². The van der Waals surface area contributed by atoms with Gasteiger partial charge in [0.25, 0.3) is 0 Å². The lowest BCUT2D eigenvalue weighted by molar-refractivity contribution is 0.626. The van der Waals surface area contributed by atoms with Gasteiger partial charge in [0.2, 0.25) is 0 Å². The number of benzene rings is 1. The van der Waals surface area contributed by atoms with Crippen LogP contribution in [0.2, 0.25) is 0 Å². The maximum atomic E-state index is 4.54. The second-order valence-electron chi connectivity index (χ2n) is 8.45. The first-order chi connectivity index (χ1) is 14.0. The van der Waals surface area contributed by atoms with Gasteiger partial charge in [-0.2, -0.15) is 0 Å². The number of rotatable bonds is 3. The Morgan fingerprint density at radius 1 is 1.17 bits per heavy atom. The first-order valence-electron chi connectivity index (χ1n) is 10.5. The Kier molecular flexibility index (Phi) is 4.82. The minimum atomic E-state index is -0.254. The molecule has 0 heterocycles. The Hall–Kier alpha value is -2.86. The first-order valence-corrected chi connectivity index (χ1v) is 10.5. The Morgan fingerprint density at radius 2 is 1.97 bits per heavy atom. The van der Waals surface area contributed by atoms with Crippen molar-refractivity contribution in [2.45, 2.75) is 39.5 Å². The van der Waals surface area contributed by atoms with E-state index in [0.29, 0.717) is 5.92 Å². The second kappa shape index (κ2) is 7.19. The Bertz CT molecular complexity index is 1090. The molecule has 1 aromatic carbocycles. The molecular weight excluding hydrogens is 348 g/mol. The molecule has 1 spiro atoms. The highest BCUT2D eigenvalue weighted by Crippen LogP contribution is 2.64. The fourth-order valence-electron chi connectivity index (χ4n) is 5.30. The molecule has 0 fully saturated rings. The van der Waals surface area contributed by atoms with Crippen molar-refractivity contribution in [2.75, 3.05) is 0 Å². The molecule has 29 heavy (non-hydrogen) atoms. The minimum Gasteiger partial charge on any atom is -0.0991 e. The van der Waals surface area contributed by atoms with Crippen LogP contribution in [0.4, 0.5) is 0 Å². The largest absolute Gasteiger partial charge is 0.0991 e. The number of aryl methyl sites for hydroxylation is 1. The van der Waals surface area contributed by atoms with Gasteiger partial charge in [-0.15, -0.1) is 0 Å². The lowest BCUT2D eigenvalue weighted by Crippen LogP contribution is -2.29. The van der Waals surface area contributed by atoms with Crippen LogP contribution in [0.5, 0.6) is 0 Å². The third kappa shape index (κ3) is 2.66. The lowest BCUT2D eigenvalue weighted by atomic mass is 9.65. The summed E-state index contributed by atoms with van der Waals surface area (Å²) in [5.74, 6) is 0.530. The van der Waals surface area contributed by atoms with Crippen LogP contribution in [-0.2, 0) is 5.41 Å². The summed E-state index contributed by atoms with van der Waals surface area (Å²) in [7, 11) is 0. The van der Waals surface area contributed by atoms with Gasteiger partial charge in [0.05, 0.1) is 5.41 Å². The molecule has 146 valence electrons. The predicted molar refractivity (Wildman–Crippen MR) is 127 cm³/mol. The average molecular weight is 379 g/mol. The van der Waals surface area contributed by atoms with Crippen molar-refractivity contribution in [1.82, 2.24) is 0 Å². The third-order valence-electron chi connectivity index (χ3n) is 6.61. The Labute approximate surface area is 175 Å². The van der Waals surface area contributed by atoms with Crippen molar-refractivity contribution in [3.63, 3.8) is 0 Å². The van der Waals surface area contributed by atoms with Gasteiger partial charge in [0.1, 0.15) is 0 Å². The summed E-state index contributed by atoms with van der Waals surface area (Å²) in [4.78, 5) is 0. The van der Waals surface area contributed by atoms with E-state index >= 15 is 0 Å². The Morgan fingerprint density at radius 3 is 2.69 bits per heavy atom. The Balaban J connectivity index is 2.16. The molecule has 0 nitrogen and oxygen atoms in total. The molecule has 0 bridgehead atoms. The molecule has 3 aliphatic carbocycles. The molecule has 1 aromatic rings. The highest BCUT2D eigenvalue weighted by Gasteiger charge is 2.53. The van der Waals surface area contributed by atoms with E-state index in [1.54, 1.807) is 0 Å². The minimum absolute atomic E-state index is 0.254. The normalized spacial score (nSPS) is 27.2. The molecule has 4 rings (SSSR count). The summed E-state index contributed by atoms with van der Waals surface area (Å²) in [5, 5.41) is 0. The van der Waals surface area contributed by atoms with Gasteiger partial charge in [0, 0.05) is 0 Å². The van der Waals surface area contributed by atoms with Gasteiger partial charge in [-0.1, -0.05) is 92.5 Å². The van der Waals surface area contributed by atoms with E-state index in [4.69, 9.17) is 0 Å². The molecule has 3 aliphatic rings. The molecule has 0 radical (unpaired) electrons. The molecule has 0 aromatic heterocycles. The van der Waals surface area contributed by atoms with Crippen molar-refractivity contribution in [2.24, 2.45) is 5.92 Å². The van der Waals surface area contributed by atoms with E-state index in [2.05, 4.69) is 102 Å². The summed E-state index contributed by atoms with van der Waals surface area (Å²) < 4.78 is 0. The maximum Gasteiger partial charge on any atom is 0.0685 e.